The highest BCUT2D eigenvalue weighted by atomic mass is 32.1. The van der Waals surface area contributed by atoms with Crippen molar-refractivity contribution >= 4 is 28.4 Å². The number of rotatable bonds is 3. The Morgan fingerprint density at radius 3 is 3.06 bits per heavy atom. The number of ether oxygens (including phenoxy) is 1. The molecule has 0 spiro atoms. The lowest BCUT2D eigenvalue weighted by atomic mass is 10.1. The molecule has 16 heavy (non-hydrogen) atoms. The van der Waals surface area contributed by atoms with Gasteiger partial charge in [0.15, 0.2) is 0 Å². The summed E-state index contributed by atoms with van der Waals surface area (Å²) in [6, 6.07) is 0. The monoisotopic (exact) mass is 237 g/mol. The van der Waals surface area contributed by atoms with Crippen molar-refractivity contribution in [3.8, 4) is 0 Å². The summed E-state index contributed by atoms with van der Waals surface area (Å²) in [5.41, 5.74) is 1.49. The smallest absolute Gasteiger partial charge is 0.341 e. The fourth-order valence-electron chi connectivity index (χ4n) is 1.92. The summed E-state index contributed by atoms with van der Waals surface area (Å²) in [4.78, 5) is 26.8. The Morgan fingerprint density at radius 1 is 1.56 bits per heavy atom. The minimum Gasteiger partial charge on any atom is -0.462 e. The van der Waals surface area contributed by atoms with Crippen LogP contribution in [-0.2, 0) is 22.4 Å². The molecule has 1 aliphatic rings. The van der Waals surface area contributed by atoms with E-state index in [1.807, 2.05) is 0 Å². The van der Waals surface area contributed by atoms with Gasteiger partial charge in [-0.3, -0.25) is 0 Å². The molecule has 1 heterocycles. The van der Waals surface area contributed by atoms with Gasteiger partial charge in [0.25, 0.3) is 0 Å². The Balaban J connectivity index is 2.47. The van der Waals surface area contributed by atoms with Gasteiger partial charge in [0.2, 0.25) is 6.08 Å². The molecule has 0 radical (unpaired) electrons. The zero-order valence-corrected chi connectivity index (χ0v) is 9.73. The maximum absolute atomic E-state index is 11.8. The zero-order valence-electron chi connectivity index (χ0n) is 8.91. The van der Waals surface area contributed by atoms with E-state index in [9.17, 15) is 9.59 Å². The lowest BCUT2D eigenvalue weighted by molar-refractivity contribution is 0.0527. The van der Waals surface area contributed by atoms with Gasteiger partial charge >= 0.3 is 5.97 Å². The lowest BCUT2D eigenvalue weighted by Gasteiger charge is -2.02. The van der Waals surface area contributed by atoms with Crippen molar-refractivity contribution in [3.63, 3.8) is 0 Å². The first-order chi connectivity index (χ1) is 7.77. The number of hydrogen-bond donors (Lipinski definition) is 0. The van der Waals surface area contributed by atoms with Crippen molar-refractivity contribution in [2.24, 2.45) is 4.99 Å². The molecule has 0 saturated heterocycles. The van der Waals surface area contributed by atoms with E-state index in [1.165, 1.54) is 17.4 Å². The molecule has 0 atom stereocenters. The number of fused-ring (bicyclic) bond motifs is 1. The Labute approximate surface area is 97.0 Å². The highest BCUT2D eigenvalue weighted by molar-refractivity contribution is 7.16. The molecular weight excluding hydrogens is 226 g/mol. The van der Waals surface area contributed by atoms with Crippen molar-refractivity contribution < 1.29 is 14.3 Å². The summed E-state index contributed by atoms with van der Waals surface area (Å²) in [6.07, 6.45) is 4.37. The fourth-order valence-corrected chi connectivity index (χ4v) is 3.12. The first-order valence-corrected chi connectivity index (χ1v) is 5.99. The number of aryl methyl sites for hydroxylation is 1. The molecule has 0 aliphatic heterocycles. The number of aliphatic imine (C=N–C) groups is 1. The van der Waals surface area contributed by atoms with Gasteiger partial charge in [-0.05, 0) is 31.7 Å². The van der Waals surface area contributed by atoms with Crippen LogP contribution in [0.4, 0.5) is 5.00 Å². The molecule has 5 heteroatoms. The summed E-state index contributed by atoms with van der Waals surface area (Å²) >= 11 is 1.40. The van der Waals surface area contributed by atoms with Gasteiger partial charge in [-0.25, -0.2) is 9.59 Å². The minimum absolute atomic E-state index is 0.327. The molecule has 0 amide bonds. The quantitative estimate of drug-likeness (QED) is 0.460. The second kappa shape index (κ2) is 4.60. The van der Waals surface area contributed by atoms with E-state index in [0.29, 0.717) is 17.2 Å². The SMILES string of the molecule is CCOC(=O)c1c(N=C=O)sc2c1CCC2. The zero-order chi connectivity index (χ0) is 11.5. The highest BCUT2D eigenvalue weighted by Gasteiger charge is 2.27. The van der Waals surface area contributed by atoms with Crippen LogP contribution in [0.15, 0.2) is 4.99 Å². The number of thiophene rings is 1. The third-order valence-corrected chi connectivity index (χ3v) is 3.72. The molecule has 84 valence electrons. The molecule has 2 rings (SSSR count). The second-order valence-corrected chi connectivity index (χ2v) is 4.54. The van der Waals surface area contributed by atoms with Crippen LogP contribution in [0.1, 0.15) is 34.1 Å². The summed E-state index contributed by atoms with van der Waals surface area (Å²) in [7, 11) is 0. The topological polar surface area (TPSA) is 55.7 Å². The lowest BCUT2D eigenvalue weighted by Crippen LogP contribution is -2.06. The maximum Gasteiger partial charge on any atom is 0.341 e. The van der Waals surface area contributed by atoms with Crippen LogP contribution >= 0.6 is 11.3 Å². The largest absolute Gasteiger partial charge is 0.462 e. The van der Waals surface area contributed by atoms with Crippen LogP contribution in [-0.4, -0.2) is 18.7 Å². The Morgan fingerprint density at radius 2 is 2.38 bits per heavy atom. The summed E-state index contributed by atoms with van der Waals surface area (Å²) in [6.45, 7) is 2.08. The van der Waals surface area contributed by atoms with Crippen molar-refractivity contribution in [2.45, 2.75) is 26.2 Å². The van der Waals surface area contributed by atoms with Gasteiger partial charge in [0.1, 0.15) is 10.6 Å². The molecule has 0 N–H and O–H groups in total. The molecule has 1 aliphatic carbocycles. The Bertz CT molecular complexity index is 472. The molecule has 0 bridgehead atoms. The Kier molecular flexibility index (Phi) is 3.17. The first kappa shape index (κ1) is 11.0. The number of hydrogen-bond acceptors (Lipinski definition) is 5. The second-order valence-electron chi connectivity index (χ2n) is 3.46. The van der Waals surface area contributed by atoms with Crippen LogP contribution in [0.3, 0.4) is 0 Å². The average molecular weight is 237 g/mol. The standard InChI is InChI=1S/C11H11NO3S/c1-2-15-11(14)9-7-4-3-5-8(7)16-10(9)12-6-13/h2-5H2,1H3. The molecule has 4 nitrogen and oxygen atoms in total. The fraction of sp³-hybridized carbons (Fsp3) is 0.455. The molecule has 0 saturated carbocycles. The van der Waals surface area contributed by atoms with E-state index in [4.69, 9.17) is 4.74 Å². The van der Waals surface area contributed by atoms with Crippen molar-refractivity contribution in [2.75, 3.05) is 6.61 Å². The number of esters is 1. The van der Waals surface area contributed by atoms with E-state index in [0.717, 1.165) is 29.7 Å². The van der Waals surface area contributed by atoms with Gasteiger partial charge in [-0.2, -0.15) is 4.99 Å². The number of carbonyl (C=O) groups is 1. The van der Waals surface area contributed by atoms with Crippen LogP contribution in [0.2, 0.25) is 0 Å². The number of nitrogens with zero attached hydrogens (tertiary/aromatic N) is 1. The van der Waals surface area contributed by atoms with E-state index in [1.54, 1.807) is 6.92 Å². The molecular formula is C11H11NO3S. The predicted octanol–water partition coefficient (Wildman–Crippen LogP) is 2.38. The van der Waals surface area contributed by atoms with E-state index in [-0.39, 0.29) is 5.97 Å². The summed E-state index contributed by atoms with van der Waals surface area (Å²) < 4.78 is 4.98. The highest BCUT2D eigenvalue weighted by Crippen LogP contribution is 2.40. The van der Waals surface area contributed by atoms with E-state index < -0.39 is 0 Å². The van der Waals surface area contributed by atoms with E-state index in [2.05, 4.69) is 4.99 Å². The molecule has 1 aromatic rings. The third-order valence-electron chi connectivity index (χ3n) is 2.53. The predicted molar refractivity (Wildman–Crippen MR) is 60.1 cm³/mol. The van der Waals surface area contributed by atoms with Crippen LogP contribution in [0.5, 0.6) is 0 Å². The molecule has 0 fully saturated rings. The normalized spacial score (nSPS) is 13.1. The van der Waals surface area contributed by atoms with Crippen LogP contribution in [0.25, 0.3) is 0 Å². The number of isocyanates is 1. The van der Waals surface area contributed by atoms with Gasteiger partial charge in [-0.1, -0.05) is 0 Å². The maximum atomic E-state index is 11.8. The van der Waals surface area contributed by atoms with Crippen molar-refractivity contribution in [1.82, 2.24) is 0 Å². The number of carbonyl (C=O) groups excluding carboxylic acids is 2. The van der Waals surface area contributed by atoms with E-state index >= 15 is 0 Å². The molecule has 0 aromatic carbocycles. The van der Waals surface area contributed by atoms with Gasteiger partial charge in [-0.15, -0.1) is 11.3 Å². The van der Waals surface area contributed by atoms with Gasteiger partial charge in [0, 0.05) is 4.88 Å². The average Bonchev–Trinajstić information content (AvgIpc) is 2.77. The van der Waals surface area contributed by atoms with Gasteiger partial charge in [0.05, 0.1) is 6.61 Å². The minimum atomic E-state index is -0.379. The van der Waals surface area contributed by atoms with Crippen LogP contribution < -0.4 is 0 Å². The summed E-state index contributed by atoms with van der Waals surface area (Å²) in [5.74, 6) is -0.379. The van der Waals surface area contributed by atoms with Crippen molar-refractivity contribution in [3.05, 3.63) is 16.0 Å². The van der Waals surface area contributed by atoms with Gasteiger partial charge < -0.3 is 4.74 Å². The molecule has 0 unspecified atom stereocenters. The van der Waals surface area contributed by atoms with Crippen LogP contribution in [0, 0.1) is 0 Å². The first-order valence-electron chi connectivity index (χ1n) is 5.17. The Hall–Kier alpha value is -1.45. The third kappa shape index (κ3) is 1.79. The van der Waals surface area contributed by atoms with Crippen molar-refractivity contribution in [1.29, 1.82) is 0 Å². The summed E-state index contributed by atoms with van der Waals surface area (Å²) in [5, 5.41) is 0.443. The molecule has 1 aromatic heterocycles.